The van der Waals surface area contributed by atoms with Gasteiger partial charge in [0.25, 0.3) is 0 Å². The smallest absolute Gasteiger partial charge is 0.120 e. The van der Waals surface area contributed by atoms with Gasteiger partial charge in [0.05, 0.1) is 0 Å². The Balaban J connectivity index is 2.24. The van der Waals surface area contributed by atoms with Crippen LogP contribution in [0.1, 0.15) is 30.9 Å². The first-order valence-electron chi connectivity index (χ1n) is 4.96. The molecule has 2 rings (SSSR count). The van der Waals surface area contributed by atoms with Gasteiger partial charge in [-0.25, -0.2) is 0 Å². The summed E-state index contributed by atoms with van der Waals surface area (Å²) in [5.41, 5.74) is 6.66. The lowest BCUT2D eigenvalue weighted by Crippen LogP contribution is -2.26. The molecule has 0 amide bonds. The summed E-state index contributed by atoms with van der Waals surface area (Å²) in [5, 5.41) is 18.9. The van der Waals surface area contributed by atoms with E-state index < -0.39 is 0 Å². The third-order valence-electron chi connectivity index (χ3n) is 3.03. The standard InChI is InChI=1S/C11H15NO2/c12-11(7-2-1-3-7)9-6-8(13)4-5-10(9)14/h4-7,11,13-14H,1-3,12H2/t11-/m1/s1. The van der Waals surface area contributed by atoms with Crippen molar-refractivity contribution < 1.29 is 10.2 Å². The molecule has 0 saturated heterocycles. The Morgan fingerprint density at radius 2 is 2.00 bits per heavy atom. The fourth-order valence-corrected chi connectivity index (χ4v) is 1.86. The monoisotopic (exact) mass is 193 g/mol. The van der Waals surface area contributed by atoms with Gasteiger partial charge in [-0.2, -0.15) is 0 Å². The lowest BCUT2D eigenvalue weighted by atomic mass is 9.77. The zero-order valence-corrected chi connectivity index (χ0v) is 7.98. The third kappa shape index (κ3) is 1.55. The van der Waals surface area contributed by atoms with E-state index in [0.717, 1.165) is 12.8 Å². The lowest BCUT2D eigenvalue weighted by Gasteiger charge is -2.31. The van der Waals surface area contributed by atoms with Crippen LogP contribution in [0, 0.1) is 5.92 Å². The Morgan fingerprint density at radius 3 is 2.57 bits per heavy atom. The van der Waals surface area contributed by atoms with E-state index in [2.05, 4.69) is 0 Å². The highest BCUT2D eigenvalue weighted by molar-refractivity contribution is 5.40. The van der Waals surface area contributed by atoms with E-state index in [1.807, 2.05) is 0 Å². The molecule has 1 aromatic rings. The summed E-state index contributed by atoms with van der Waals surface area (Å²) in [6, 6.07) is 4.37. The molecule has 0 aromatic heterocycles. The summed E-state index contributed by atoms with van der Waals surface area (Å²) >= 11 is 0. The summed E-state index contributed by atoms with van der Waals surface area (Å²) in [7, 11) is 0. The minimum Gasteiger partial charge on any atom is -0.508 e. The molecule has 1 aliphatic carbocycles. The van der Waals surface area contributed by atoms with Crippen LogP contribution in [0.25, 0.3) is 0 Å². The van der Waals surface area contributed by atoms with E-state index in [0.29, 0.717) is 11.5 Å². The van der Waals surface area contributed by atoms with Gasteiger partial charge in [0.15, 0.2) is 0 Å². The number of nitrogens with two attached hydrogens (primary N) is 1. The third-order valence-corrected chi connectivity index (χ3v) is 3.03. The highest BCUT2D eigenvalue weighted by Crippen LogP contribution is 2.39. The quantitative estimate of drug-likeness (QED) is 0.628. The van der Waals surface area contributed by atoms with Gasteiger partial charge in [0, 0.05) is 11.6 Å². The Kier molecular flexibility index (Phi) is 2.33. The van der Waals surface area contributed by atoms with Crippen molar-refractivity contribution in [2.75, 3.05) is 0 Å². The van der Waals surface area contributed by atoms with Crippen LogP contribution >= 0.6 is 0 Å². The van der Waals surface area contributed by atoms with Gasteiger partial charge < -0.3 is 15.9 Å². The second kappa shape index (κ2) is 3.50. The maximum absolute atomic E-state index is 9.58. The Morgan fingerprint density at radius 1 is 1.29 bits per heavy atom. The van der Waals surface area contributed by atoms with Gasteiger partial charge in [-0.15, -0.1) is 0 Å². The van der Waals surface area contributed by atoms with Crippen LogP contribution in [0.5, 0.6) is 11.5 Å². The predicted molar refractivity (Wildman–Crippen MR) is 54.0 cm³/mol. The van der Waals surface area contributed by atoms with Gasteiger partial charge in [-0.3, -0.25) is 0 Å². The van der Waals surface area contributed by atoms with E-state index in [1.54, 1.807) is 6.07 Å². The van der Waals surface area contributed by atoms with Crippen molar-refractivity contribution in [3.05, 3.63) is 23.8 Å². The van der Waals surface area contributed by atoms with E-state index in [1.165, 1.54) is 18.6 Å². The van der Waals surface area contributed by atoms with E-state index >= 15 is 0 Å². The zero-order valence-electron chi connectivity index (χ0n) is 7.98. The minimum absolute atomic E-state index is 0.143. The highest BCUT2D eigenvalue weighted by atomic mass is 16.3. The number of phenolic OH excluding ortho intramolecular Hbond substituents is 2. The normalized spacial score (nSPS) is 18.9. The van der Waals surface area contributed by atoms with Crippen LogP contribution in [0.15, 0.2) is 18.2 Å². The van der Waals surface area contributed by atoms with Crippen molar-refractivity contribution in [2.45, 2.75) is 25.3 Å². The van der Waals surface area contributed by atoms with Crippen molar-refractivity contribution in [3.63, 3.8) is 0 Å². The predicted octanol–water partition coefficient (Wildman–Crippen LogP) is 1.90. The van der Waals surface area contributed by atoms with Crippen LogP contribution in [0.2, 0.25) is 0 Å². The first-order valence-corrected chi connectivity index (χ1v) is 4.96. The number of phenols is 2. The van der Waals surface area contributed by atoms with E-state index in [4.69, 9.17) is 5.73 Å². The molecule has 0 aliphatic heterocycles. The molecule has 1 aromatic carbocycles. The summed E-state index contributed by atoms with van der Waals surface area (Å²) in [5.74, 6) is 0.803. The number of hydrogen-bond donors (Lipinski definition) is 3. The molecule has 0 spiro atoms. The first-order chi connectivity index (χ1) is 6.68. The van der Waals surface area contributed by atoms with Crippen molar-refractivity contribution in [3.8, 4) is 11.5 Å². The largest absolute Gasteiger partial charge is 0.508 e. The topological polar surface area (TPSA) is 66.5 Å². The molecular formula is C11H15NO2. The van der Waals surface area contributed by atoms with Crippen molar-refractivity contribution in [1.82, 2.24) is 0 Å². The molecule has 3 heteroatoms. The molecule has 1 atom stereocenters. The van der Waals surface area contributed by atoms with Gasteiger partial charge in [-0.1, -0.05) is 6.42 Å². The lowest BCUT2D eigenvalue weighted by molar-refractivity contribution is 0.260. The Labute approximate surface area is 83.2 Å². The van der Waals surface area contributed by atoms with Crippen molar-refractivity contribution >= 4 is 0 Å². The minimum atomic E-state index is -0.143. The summed E-state index contributed by atoms with van der Waals surface area (Å²) in [6.07, 6.45) is 3.46. The number of rotatable bonds is 2. The SMILES string of the molecule is N[C@@H](c1cc(O)ccc1O)C1CCC1. The second-order valence-corrected chi connectivity index (χ2v) is 3.96. The van der Waals surface area contributed by atoms with E-state index in [-0.39, 0.29) is 17.5 Å². The second-order valence-electron chi connectivity index (χ2n) is 3.96. The maximum Gasteiger partial charge on any atom is 0.120 e. The van der Waals surface area contributed by atoms with Crippen LogP contribution in [0.4, 0.5) is 0 Å². The molecule has 0 unspecified atom stereocenters. The van der Waals surface area contributed by atoms with Crippen LogP contribution in [-0.2, 0) is 0 Å². The molecule has 0 bridgehead atoms. The molecule has 0 heterocycles. The molecule has 0 radical (unpaired) electrons. The summed E-state index contributed by atoms with van der Waals surface area (Å²) in [4.78, 5) is 0. The molecule has 14 heavy (non-hydrogen) atoms. The molecule has 4 N–H and O–H groups in total. The molecule has 1 fully saturated rings. The maximum atomic E-state index is 9.58. The molecule has 1 aliphatic rings. The van der Waals surface area contributed by atoms with Gasteiger partial charge in [0.2, 0.25) is 0 Å². The molecule has 1 saturated carbocycles. The number of hydrogen-bond acceptors (Lipinski definition) is 3. The number of benzene rings is 1. The zero-order chi connectivity index (χ0) is 10.1. The van der Waals surface area contributed by atoms with Gasteiger partial charge >= 0.3 is 0 Å². The van der Waals surface area contributed by atoms with Crippen molar-refractivity contribution in [1.29, 1.82) is 0 Å². The molecule has 76 valence electrons. The van der Waals surface area contributed by atoms with Gasteiger partial charge in [-0.05, 0) is 37.0 Å². The fourth-order valence-electron chi connectivity index (χ4n) is 1.86. The molecular weight excluding hydrogens is 178 g/mol. The molecule has 3 nitrogen and oxygen atoms in total. The summed E-state index contributed by atoms with van der Waals surface area (Å²) < 4.78 is 0. The van der Waals surface area contributed by atoms with Crippen LogP contribution in [-0.4, -0.2) is 10.2 Å². The van der Waals surface area contributed by atoms with E-state index in [9.17, 15) is 10.2 Å². The first kappa shape index (κ1) is 9.34. The Bertz CT molecular complexity index is 334. The Hall–Kier alpha value is -1.22. The van der Waals surface area contributed by atoms with Crippen molar-refractivity contribution in [2.24, 2.45) is 11.7 Å². The number of aromatic hydroxyl groups is 2. The van der Waals surface area contributed by atoms with Crippen LogP contribution in [0.3, 0.4) is 0 Å². The fraction of sp³-hybridized carbons (Fsp3) is 0.455. The average Bonchev–Trinajstić information content (AvgIpc) is 2.06. The summed E-state index contributed by atoms with van der Waals surface area (Å²) in [6.45, 7) is 0. The highest BCUT2D eigenvalue weighted by Gasteiger charge is 2.27. The van der Waals surface area contributed by atoms with Gasteiger partial charge in [0.1, 0.15) is 11.5 Å². The van der Waals surface area contributed by atoms with Crippen LogP contribution < -0.4 is 5.73 Å². The average molecular weight is 193 g/mol.